The average molecular weight is 278 g/mol. The molecule has 1 fully saturated rings. The predicted molar refractivity (Wildman–Crippen MR) is 82.4 cm³/mol. The number of rotatable bonds is 7. The summed E-state index contributed by atoms with van der Waals surface area (Å²) in [6, 6.07) is 10.6. The maximum atomic E-state index is 5.72. The zero-order chi connectivity index (χ0) is 14.2. The van der Waals surface area contributed by atoms with Gasteiger partial charge in [-0.25, -0.2) is 0 Å². The maximum Gasteiger partial charge on any atom is 0.0934 e. The van der Waals surface area contributed by atoms with Crippen molar-refractivity contribution < 1.29 is 9.47 Å². The first-order valence-electron chi connectivity index (χ1n) is 7.46. The minimum atomic E-state index is 0.188. The molecule has 0 radical (unpaired) electrons. The Kier molecular flexibility index (Phi) is 6.30. The summed E-state index contributed by atoms with van der Waals surface area (Å²) in [5.74, 6) is 0. The van der Waals surface area contributed by atoms with E-state index >= 15 is 0 Å². The number of hydrogen-bond acceptors (Lipinski definition) is 4. The first-order valence-corrected chi connectivity index (χ1v) is 7.46. The van der Waals surface area contributed by atoms with Crippen LogP contribution in [0.25, 0.3) is 0 Å². The van der Waals surface area contributed by atoms with Crippen molar-refractivity contribution in [2.75, 3.05) is 57.9 Å². The highest BCUT2D eigenvalue weighted by Gasteiger charge is 2.20. The van der Waals surface area contributed by atoms with Crippen LogP contribution in [0, 0.1) is 0 Å². The first kappa shape index (κ1) is 15.3. The standard InChI is InChI=1S/C16H26N2O2/c1-3-20-16(14-19-2)13-17-9-11-18(12-10-17)15-7-5-4-6-8-15/h4-8,16H,3,9-14H2,1-2H3/t16-/m0/s1. The Morgan fingerprint density at radius 2 is 1.80 bits per heavy atom. The fraction of sp³-hybridized carbons (Fsp3) is 0.625. The molecule has 4 heteroatoms. The van der Waals surface area contributed by atoms with E-state index in [2.05, 4.69) is 40.1 Å². The second-order valence-corrected chi connectivity index (χ2v) is 5.16. The van der Waals surface area contributed by atoms with Gasteiger partial charge < -0.3 is 14.4 Å². The van der Waals surface area contributed by atoms with Gasteiger partial charge in [0, 0.05) is 52.1 Å². The molecular formula is C16H26N2O2. The summed E-state index contributed by atoms with van der Waals surface area (Å²) in [5.41, 5.74) is 1.32. The lowest BCUT2D eigenvalue weighted by atomic mass is 10.2. The number of anilines is 1. The minimum absolute atomic E-state index is 0.188. The van der Waals surface area contributed by atoms with Crippen LogP contribution < -0.4 is 4.90 Å². The molecule has 0 spiro atoms. The van der Waals surface area contributed by atoms with E-state index in [1.165, 1.54) is 5.69 Å². The number of piperazine rings is 1. The van der Waals surface area contributed by atoms with E-state index in [0.29, 0.717) is 6.61 Å². The quantitative estimate of drug-likeness (QED) is 0.760. The first-order chi connectivity index (χ1) is 9.83. The van der Waals surface area contributed by atoms with Crippen LogP contribution in [-0.2, 0) is 9.47 Å². The van der Waals surface area contributed by atoms with Crippen LogP contribution in [-0.4, -0.2) is 64.1 Å². The topological polar surface area (TPSA) is 24.9 Å². The predicted octanol–water partition coefficient (Wildman–Crippen LogP) is 1.86. The molecule has 0 N–H and O–H groups in total. The lowest BCUT2D eigenvalue weighted by Gasteiger charge is -2.37. The van der Waals surface area contributed by atoms with Gasteiger partial charge in [-0.2, -0.15) is 0 Å². The smallest absolute Gasteiger partial charge is 0.0934 e. The maximum absolute atomic E-state index is 5.72. The van der Waals surface area contributed by atoms with E-state index < -0.39 is 0 Å². The monoisotopic (exact) mass is 278 g/mol. The summed E-state index contributed by atoms with van der Waals surface area (Å²) in [4.78, 5) is 4.92. The van der Waals surface area contributed by atoms with E-state index in [-0.39, 0.29) is 6.10 Å². The Hall–Kier alpha value is -1.10. The number of para-hydroxylation sites is 1. The lowest BCUT2D eigenvalue weighted by molar-refractivity contribution is -0.0159. The number of hydrogen-bond donors (Lipinski definition) is 0. The van der Waals surface area contributed by atoms with E-state index in [9.17, 15) is 0 Å². The molecule has 1 heterocycles. The third-order valence-electron chi connectivity index (χ3n) is 3.71. The van der Waals surface area contributed by atoms with Gasteiger partial charge in [0.2, 0.25) is 0 Å². The van der Waals surface area contributed by atoms with Crippen molar-refractivity contribution in [2.24, 2.45) is 0 Å². The summed E-state index contributed by atoms with van der Waals surface area (Å²) >= 11 is 0. The van der Waals surface area contributed by atoms with Crippen LogP contribution >= 0.6 is 0 Å². The molecule has 2 rings (SSSR count). The third kappa shape index (κ3) is 4.47. The Balaban J connectivity index is 1.79. The largest absolute Gasteiger partial charge is 0.382 e. The van der Waals surface area contributed by atoms with Crippen LogP contribution in [0.1, 0.15) is 6.92 Å². The van der Waals surface area contributed by atoms with E-state index in [4.69, 9.17) is 9.47 Å². The summed E-state index contributed by atoms with van der Waals surface area (Å²) in [7, 11) is 1.74. The molecule has 0 amide bonds. The van der Waals surface area contributed by atoms with Gasteiger partial charge in [-0.15, -0.1) is 0 Å². The molecule has 0 saturated carbocycles. The average Bonchev–Trinajstić information content (AvgIpc) is 2.49. The van der Waals surface area contributed by atoms with Gasteiger partial charge in [0.15, 0.2) is 0 Å². The van der Waals surface area contributed by atoms with Crippen LogP contribution in [0.5, 0.6) is 0 Å². The highest BCUT2D eigenvalue weighted by atomic mass is 16.5. The Morgan fingerprint density at radius 1 is 1.10 bits per heavy atom. The van der Waals surface area contributed by atoms with Crippen molar-refractivity contribution in [3.05, 3.63) is 30.3 Å². The molecule has 1 aliphatic rings. The van der Waals surface area contributed by atoms with E-state index in [1.54, 1.807) is 7.11 Å². The molecule has 1 saturated heterocycles. The molecule has 0 bridgehead atoms. The van der Waals surface area contributed by atoms with Crippen LogP contribution in [0.4, 0.5) is 5.69 Å². The third-order valence-corrected chi connectivity index (χ3v) is 3.71. The normalized spacial score (nSPS) is 18.2. The highest BCUT2D eigenvalue weighted by Crippen LogP contribution is 2.15. The van der Waals surface area contributed by atoms with E-state index in [0.717, 1.165) is 39.3 Å². The van der Waals surface area contributed by atoms with Crippen molar-refractivity contribution in [3.63, 3.8) is 0 Å². The molecule has 4 nitrogen and oxygen atoms in total. The fourth-order valence-electron chi connectivity index (χ4n) is 2.69. The highest BCUT2D eigenvalue weighted by molar-refractivity contribution is 5.46. The zero-order valence-electron chi connectivity index (χ0n) is 12.6. The summed E-state index contributed by atoms with van der Waals surface area (Å²) in [5, 5.41) is 0. The molecular weight excluding hydrogens is 252 g/mol. The molecule has 0 aromatic heterocycles. The van der Waals surface area contributed by atoms with Crippen molar-refractivity contribution in [1.29, 1.82) is 0 Å². The van der Waals surface area contributed by atoms with Crippen molar-refractivity contribution >= 4 is 5.69 Å². The fourth-order valence-corrected chi connectivity index (χ4v) is 2.69. The van der Waals surface area contributed by atoms with Crippen LogP contribution in [0.15, 0.2) is 30.3 Å². The second kappa shape index (κ2) is 8.25. The summed E-state index contributed by atoms with van der Waals surface area (Å²) in [6.07, 6.45) is 0.188. The Labute approximate surface area is 122 Å². The zero-order valence-corrected chi connectivity index (χ0v) is 12.6. The van der Waals surface area contributed by atoms with Gasteiger partial charge >= 0.3 is 0 Å². The SMILES string of the molecule is CCO[C@H](COC)CN1CCN(c2ccccc2)CC1. The molecule has 1 aromatic carbocycles. The number of methoxy groups -OCH3 is 1. The van der Waals surface area contributed by atoms with Gasteiger partial charge in [0.25, 0.3) is 0 Å². The molecule has 20 heavy (non-hydrogen) atoms. The van der Waals surface area contributed by atoms with Gasteiger partial charge in [-0.3, -0.25) is 4.90 Å². The minimum Gasteiger partial charge on any atom is -0.382 e. The summed E-state index contributed by atoms with van der Waals surface area (Å²) in [6.45, 7) is 8.75. The number of nitrogens with zero attached hydrogens (tertiary/aromatic N) is 2. The Bertz CT molecular complexity index is 358. The summed E-state index contributed by atoms with van der Waals surface area (Å²) < 4.78 is 10.9. The molecule has 0 aliphatic carbocycles. The number of benzene rings is 1. The van der Waals surface area contributed by atoms with Crippen LogP contribution in [0.3, 0.4) is 0 Å². The van der Waals surface area contributed by atoms with Gasteiger partial charge in [0.1, 0.15) is 0 Å². The van der Waals surface area contributed by atoms with E-state index in [1.807, 2.05) is 6.92 Å². The van der Waals surface area contributed by atoms with Crippen LogP contribution in [0.2, 0.25) is 0 Å². The lowest BCUT2D eigenvalue weighted by Crippen LogP contribution is -2.49. The van der Waals surface area contributed by atoms with Gasteiger partial charge in [0.05, 0.1) is 12.7 Å². The van der Waals surface area contributed by atoms with Crippen molar-refractivity contribution in [3.8, 4) is 0 Å². The van der Waals surface area contributed by atoms with Gasteiger partial charge in [-0.05, 0) is 19.1 Å². The second-order valence-electron chi connectivity index (χ2n) is 5.16. The molecule has 112 valence electrons. The van der Waals surface area contributed by atoms with Crippen molar-refractivity contribution in [1.82, 2.24) is 4.90 Å². The molecule has 1 atom stereocenters. The number of ether oxygens (including phenoxy) is 2. The Morgan fingerprint density at radius 3 is 2.40 bits per heavy atom. The molecule has 1 aromatic rings. The van der Waals surface area contributed by atoms with Crippen molar-refractivity contribution in [2.45, 2.75) is 13.0 Å². The van der Waals surface area contributed by atoms with Gasteiger partial charge in [-0.1, -0.05) is 18.2 Å². The molecule has 1 aliphatic heterocycles. The molecule has 0 unspecified atom stereocenters.